The summed E-state index contributed by atoms with van der Waals surface area (Å²) in [5.41, 5.74) is 1.38. The number of hydrogen-bond donors (Lipinski definition) is 1. The lowest BCUT2D eigenvalue weighted by Gasteiger charge is -2.04. The summed E-state index contributed by atoms with van der Waals surface area (Å²) in [6, 6.07) is 6.62. The molecule has 1 N–H and O–H groups in total. The number of aromatic nitrogens is 5. The second-order valence-corrected chi connectivity index (χ2v) is 5.65. The van der Waals surface area contributed by atoms with Crippen molar-refractivity contribution in [2.24, 2.45) is 7.05 Å². The predicted octanol–water partition coefficient (Wildman–Crippen LogP) is 1.73. The zero-order chi connectivity index (χ0) is 17.4. The highest BCUT2D eigenvalue weighted by atomic mass is 19.1. The zero-order valence-electron chi connectivity index (χ0n) is 13.5. The maximum Gasteiger partial charge on any atom is 0.271 e. The topological polar surface area (TPSA) is 77.1 Å². The molecule has 0 aliphatic carbocycles. The van der Waals surface area contributed by atoms with Gasteiger partial charge in [-0.05, 0) is 18.2 Å². The minimum atomic E-state index is -0.347. The molecule has 8 heteroatoms. The van der Waals surface area contributed by atoms with Gasteiger partial charge in [0.15, 0.2) is 5.82 Å². The zero-order valence-corrected chi connectivity index (χ0v) is 13.5. The van der Waals surface area contributed by atoms with Crippen molar-refractivity contribution in [3.8, 4) is 0 Å². The summed E-state index contributed by atoms with van der Waals surface area (Å²) in [7, 11) is 1.83. The average molecular weight is 338 g/mol. The highest BCUT2D eigenvalue weighted by Crippen LogP contribution is 2.18. The number of carbonyl (C=O) groups excluding carboxylic acids is 1. The van der Waals surface area contributed by atoms with Crippen molar-refractivity contribution in [3.63, 3.8) is 0 Å². The van der Waals surface area contributed by atoms with E-state index in [2.05, 4.69) is 20.3 Å². The van der Waals surface area contributed by atoms with E-state index in [1.165, 1.54) is 6.07 Å². The van der Waals surface area contributed by atoms with Crippen LogP contribution in [0, 0.1) is 5.82 Å². The molecule has 3 heterocycles. The van der Waals surface area contributed by atoms with Crippen LogP contribution in [0.1, 0.15) is 16.3 Å². The number of benzene rings is 1. The molecule has 0 unspecified atom stereocenters. The van der Waals surface area contributed by atoms with E-state index in [1.54, 1.807) is 35.1 Å². The Hall–Kier alpha value is -3.29. The molecule has 0 saturated carbocycles. The van der Waals surface area contributed by atoms with Crippen molar-refractivity contribution < 1.29 is 9.18 Å². The Kier molecular flexibility index (Phi) is 3.64. The summed E-state index contributed by atoms with van der Waals surface area (Å²) in [6.07, 6.45) is 5.51. The fraction of sp³-hybridized carbons (Fsp3) is 0.176. The monoisotopic (exact) mass is 338 g/mol. The van der Waals surface area contributed by atoms with Gasteiger partial charge in [-0.1, -0.05) is 6.07 Å². The largest absolute Gasteiger partial charge is 0.350 e. The number of hydrogen-bond acceptors (Lipinski definition) is 4. The number of para-hydroxylation sites is 1. The Morgan fingerprint density at radius 3 is 2.96 bits per heavy atom. The van der Waals surface area contributed by atoms with Gasteiger partial charge in [-0.25, -0.2) is 19.3 Å². The summed E-state index contributed by atoms with van der Waals surface area (Å²) in [4.78, 5) is 24.8. The molecule has 3 aromatic heterocycles. The summed E-state index contributed by atoms with van der Waals surface area (Å²) in [5, 5.41) is 2.80. The van der Waals surface area contributed by atoms with E-state index >= 15 is 0 Å². The van der Waals surface area contributed by atoms with Gasteiger partial charge in [-0.3, -0.25) is 9.20 Å². The van der Waals surface area contributed by atoms with Crippen LogP contribution in [-0.2, 0) is 13.5 Å². The molecule has 0 bridgehead atoms. The third kappa shape index (κ3) is 2.71. The Morgan fingerprint density at radius 1 is 1.28 bits per heavy atom. The molecular weight excluding hydrogens is 323 g/mol. The van der Waals surface area contributed by atoms with Crippen molar-refractivity contribution >= 4 is 22.7 Å². The summed E-state index contributed by atoms with van der Waals surface area (Å²) >= 11 is 0. The predicted molar refractivity (Wildman–Crippen MR) is 89.7 cm³/mol. The van der Waals surface area contributed by atoms with E-state index in [0.717, 1.165) is 5.52 Å². The minimum absolute atomic E-state index is 0.282. The number of fused-ring (bicyclic) bond motifs is 2. The molecule has 0 fully saturated rings. The van der Waals surface area contributed by atoms with E-state index < -0.39 is 0 Å². The number of nitrogens with zero attached hydrogens (tertiary/aromatic N) is 5. The summed E-state index contributed by atoms with van der Waals surface area (Å²) in [5.74, 6) is 0.548. The third-order valence-electron chi connectivity index (χ3n) is 4.06. The Morgan fingerprint density at radius 2 is 2.16 bits per heavy atom. The first-order valence-electron chi connectivity index (χ1n) is 7.81. The fourth-order valence-electron chi connectivity index (χ4n) is 2.77. The van der Waals surface area contributed by atoms with Crippen molar-refractivity contribution in [3.05, 3.63) is 60.2 Å². The lowest BCUT2D eigenvalue weighted by atomic mass is 10.3. The highest BCUT2D eigenvalue weighted by molar-refractivity contribution is 5.92. The normalized spacial score (nSPS) is 11.3. The van der Waals surface area contributed by atoms with Crippen molar-refractivity contribution in [2.75, 3.05) is 6.54 Å². The molecule has 0 aliphatic heterocycles. The number of aryl methyl sites for hydroxylation is 1. The Labute approximate surface area is 142 Å². The fourth-order valence-corrected chi connectivity index (χ4v) is 2.77. The van der Waals surface area contributed by atoms with Gasteiger partial charge in [0.25, 0.3) is 5.91 Å². The van der Waals surface area contributed by atoms with Crippen LogP contribution in [-0.4, -0.2) is 36.4 Å². The van der Waals surface area contributed by atoms with Gasteiger partial charge in [0, 0.05) is 38.6 Å². The van der Waals surface area contributed by atoms with Gasteiger partial charge in [0.05, 0.1) is 5.52 Å². The van der Waals surface area contributed by atoms with Crippen LogP contribution in [0.2, 0.25) is 0 Å². The molecule has 7 nitrogen and oxygen atoms in total. The number of imidazole rings is 2. The van der Waals surface area contributed by atoms with Gasteiger partial charge >= 0.3 is 0 Å². The molecule has 1 aromatic carbocycles. The molecule has 4 aromatic rings. The quantitative estimate of drug-likeness (QED) is 0.615. The number of rotatable bonds is 4. The second-order valence-electron chi connectivity index (χ2n) is 5.65. The van der Waals surface area contributed by atoms with Gasteiger partial charge in [0.1, 0.15) is 17.0 Å². The van der Waals surface area contributed by atoms with E-state index in [9.17, 15) is 9.18 Å². The maximum atomic E-state index is 13.8. The van der Waals surface area contributed by atoms with E-state index in [-0.39, 0.29) is 11.7 Å². The van der Waals surface area contributed by atoms with Crippen molar-refractivity contribution in [1.29, 1.82) is 0 Å². The maximum absolute atomic E-state index is 13.8. The minimum Gasteiger partial charge on any atom is -0.350 e. The van der Waals surface area contributed by atoms with E-state index in [0.29, 0.717) is 35.8 Å². The van der Waals surface area contributed by atoms with Crippen LogP contribution in [0.3, 0.4) is 0 Å². The van der Waals surface area contributed by atoms with Crippen LogP contribution >= 0.6 is 0 Å². The van der Waals surface area contributed by atoms with E-state index in [1.807, 2.05) is 17.7 Å². The molecule has 0 spiro atoms. The first-order valence-corrected chi connectivity index (χ1v) is 7.81. The third-order valence-corrected chi connectivity index (χ3v) is 4.06. The molecule has 0 radical (unpaired) electrons. The molecule has 1 amide bonds. The van der Waals surface area contributed by atoms with Crippen LogP contribution < -0.4 is 5.32 Å². The lowest BCUT2D eigenvalue weighted by Crippen LogP contribution is -2.26. The highest BCUT2D eigenvalue weighted by Gasteiger charge is 2.13. The van der Waals surface area contributed by atoms with Crippen LogP contribution in [0.5, 0.6) is 0 Å². The van der Waals surface area contributed by atoms with Gasteiger partial charge in [-0.15, -0.1) is 0 Å². The Bertz CT molecular complexity index is 1050. The summed E-state index contributed by atoms with van der Waals surface area (Å²) < 4.78 is 17.3. The SMILES string of the molecule is Cn1c(CCNC(=O)c2cn3cccnc3n2)nc2c(F)cccc21. The number of amides is 1. The molecule has 126 valence electrons. The first kappa shape index (κ1) is 15.3. The lowest BCUT2D eigenvalue weighted by molar-refractivity contribution is 0.0949. The molecule has 25 heavy (non-hydrogen) atoms. The average Bonchev–Trinajstić information content (AvgIpc) is 3.18. The van der Waals surface area contributed by atoms with Crippen molar-refractivity contribution in [1.82, 2.24) is 29.2 Å². The molecule has 0 saturated heterocycles. The van der Waals surface area contributed by atoms with Crippen molar-refractivity contribution in [2.45, 2.75) is 6.42 Å². The first-order chi connectivity index (χ1) is 12.1. The summed E-state index contributed by atoms with van der Waals surface area (Å²) in [6.45, 7) is 0.374. The standard InChI is InChI=1S/C17H15FN6O/c1-23-13-5-2-4-11(18)15(13)22-14(23)6-8-19-16(25)12-10-24-9-3-7-20-17(24)21-12/h2-5,7,9-10H,6,8H2,1H3,(H,19,25). The second kappa shape index (κ2) is 5.97. The van der Waals surface area contributed by atoms with Gasteiger partial charge in [0.2, 0.25) is 5.78 Å². The van der Waals surface area contributed by atoms with Gasteiger partial charge in [-0.2, -0.15) is 0 Å². The van der Waals surface area contributed by atoms with Gasteiger partial charge < -0.3 is 9.88 Å². The Balaban J connectivity index is 1.46. The molecule has 0 aliphatic rings. The van der Waals surface area contributed by atoms with E-state index in [4.69, 9.17) is 0 Å². The number of halogens is 1. The smallest absolute Gasteiger partial charge is 0.271 e. The van der Waals surface area contributed by atoms with Crippen LogP contribution in [0.15, 0.2) is 42.9 Å². The molecular formula is C17H15FN6O. The number of nitrogens with one attached hydrogen (secondary N) is 1. The number of carbonyl (C=O) groups is 1. The molecule has 0 atom stereocenters. The van der Waals surface area contributed by atoms with Crippen LogP contribution in [0.25, 0.3) is 16.8 Å². The van der Waals surface area contributed by atoms with Crippen LogP contribution in [0.4, 0.5) is 4.39 Å². The molecule has 4 rings (SSSR count).